The summed E-state index contributed by atoms with van der Waals surface area (Å²) in [5.74, 6) is 0.353. The number of benzene rings is 2. The van der Waals surface area contributed by atoms with Crippen LogP contribution in [0.2, 0.25) is 5.02 Å². The van der Waals surface area contributed by atoms with Crippen molar-refractivity contribution in [2.24, 2.45) is 5.10 Å². The molecule has 0 aliphatic carbocycles. The standard InChI is InChI=1S/C19H20BrClN2O2/c1-19(2,3)16-10-14(20)7-8-17(16)25-12-18(24)23-22-11-13-5-4-6-15(21)9-13/h4-11H,12H2,1-3H3,(H,23,24)/b22-11+. The number of ether oxygens (including phenoxy) is 1. The Morgan fingerprint density at radius 2 is 2.04 bits per heavy atom. The smallest absolute Gasteiger partial charge is 0.277 e. The van der Waals surface area contributed by atoms with Gasteiger partial charge in [0.1, 0.15) is 5.75 Å². The summed E-state index contributed by atoms with van der Waals surface area (Å²) >= 11 is 9.36. The molecule has 0 unspecified atom stereocenters. The summed E-state index contributed by atoms with van der Waals surface area (Å²) in [7, 11) is 0. The molecule has 2 aromatic rings. The molecule has 0 aromatic heterocycles. The molecular formula is C19H20BrClN2O2. The highest BCUT2D eigenvalue weighted by molar-refractivity contribution is 9.10. The van der Waals surface area contributed by atoms with Crippen LogP contribution < -0.4 is 10.2 Å². The molecule has 0 atom stereocenters. The molecule has 0 saturated carbocycles. The van der Waals surface area contributed by atoms with Gasteiger partial charge in [0.15, 0.2) is 6.61 Å². The lowest BCUT2D eigenvalue weighted by atomic mass is 9.86. The number of hydrogen-bond acceptors (Lipinski definition) is 3. The normalized spacial score (nSPS) is 11.6. The van der Waals surface area contributed by atoms with Crippen LogP contribution in [0.15, 0.2) is 52.0 Å². The van der Waals surface area contributed by atoms with Crippen molar-refractivity contribution in [3.63, 3.8) is 0 Å². The summed E-state index contributed by atoms with van der Waals surface area (Å²) in [5.41, 5.74) is 4.17. The van der Waals surface area contributed by atoms with E-state index < -0.39 is 0 Å². The second-order valence-corrected chi connectivity index (χ2v) is 7.88. The predicted octanol–water partition coefficient (Wildman–Crippen LogP) is 4.93. The van der Waals surface area contributed by atoms with Crippen molar-refractivity contribution in [3.8, 4) is 5.75 Å². The minimum atomic E-state index is -0.332. The molecule has 0 saturated heterocycles. The summed E-state index contributed by atoms with van der Waals surface area (Å²) in [6.45, 7) is 6.17. The second-order valence-electron chi connectivity index (χ2n) is 6.53. The zero-order valence-electron chi connectivity index (χ0n) is 14.3. The molecule has 2 rings (SSSR count). The largest absolute Gasteiger partial charge is 0.483 e. The highest BCUT2D eigenvalue weighted by Crippen LogP contribution is 2.33. The Bertz CT molecular complexity index is 785. The van der Waals surface area contributed by atoms with Crippen molar-refractivity contribution in [2.45, 2.75) is 26.2 Å². The van der Waals surface area contributed by atoms with Crippen molar-refractivity contribution < 1.29 is 9.53 Å². The summed E-state index contributed by atoms with van der Waals surface area (Å²) < 4.78 is 6.65. The fraction of sp³-hybridized carbons (Fsp3) is 0.263. The molecule has 0 aliphatic heterocycles. The Morgan fingerprint density at radius 1 is 1.28 bits per heavy atom. The molecule has 0 spiro atoms. The van der Waals surface area contributed by atoms with E-state index in [1.807, 2.05) is 30.3 Å². The minimum absolute atomic E-state index is 0.0969. The number of carbonyl (C=O) groups excluding carboxylic acids is 1. The number of amides is 1. The molecule has 0 radical (unpaired) electrons. The number of halogens is 2. The monoisotopic (exact) mass is 422 g/mol. The molecule has 25 heavy (non-hydrogen) atoms. The fourth-order valence-corrected chi connectivity index (χ4v) is 2.72. The average Bonchev–Trinajstić information content (AvgIpc) is 2.53. The third-order valence-electron chi connectivity index (χ3n) is 3.36. The van der Waals surface area contributed by atoms with Gasteiger partial charge in [0, 0.05) is 15.1 Å². The van der Waals surface area contributed by atoms with Crippen LogP contribution in [-0.4, -0.2) is 18.7 Å². The number of nitrogens with zero attached hydrogens (tertiary/aromatic N) is 1. The molecule has 0 aliphatic rings. The molecule has 0 fully saturated rings. The third kappa shape index (κ3) is 6.18. The van der Waals surface area contributed by atoms with Crippen LogP contribution in [0.4, 0.5) is 0 Å². The van der Waals surface area contributed by atoms with Gasteiger partial charge in [-0.2, -0.15) is 5.10 Å². The predicted molar refractivity (Wildman–Crippen MR) is 106 cm³/mol. The fourth-order valence-electron chi connectivity index (χ4n) is 2.16. The quantitative estimate of drug-likeness (QED) is 0.547. The van der Waals surface area contributed by atoms with Gasteiger partial charge in [-0.1, -0.05) is 60.4 Å². The van der Waals surface area contributed by atoms with Crippen LogP contribution in [0.3, 0.4) is 0 Å². The van der Waals surface area contributed by atoms with Gasteiger partial charge in [-0.25, -0.2) is 5.43 Å². The van der Waals surface area contributed by atoms with E-state index in [1.54, 1.807) is 12.1 Å². The molecule has 132 valence electrons. The van der Waals surface area contributed by atoms with Crippen LogP contribution >= 0.6 is 27.5 Å². The first-order valence-corrected chi connectivity index (χ1v) is 8.93. The van der Waals surface area contributed by atoms with Crippen molar-refractivity contribution in [1.82, 2.24) is 5.43 Å². The lowest BCUT2D eigenvalue weighted by Gasteiger charge is -2.23. The number of hydrogen-bond donors (Lipinski definition) is 1. The van der Waals surface area contributed by atoms with Crippen LogP contribution in [0.25, 0.3) is 0 Å². The molecule has 2 aromatic carbocycles. The van der Waals surface area contributed by atoms with Crippen molar-refractivity contribution in [2.75, 3.05) is 6.61 Å². The average molecular weight is 424 g/mol. The van der Waals surface area contributed by atoms with Gasteiger partial charge in [-0.15, -0.1) is 0 Å². The highest BCUT2D eigenvalue weighted by Gasteiger charge is 2.19. The highest BCUT2D eigenvalue weighted by atomic mass is 79.9. The van der Waals surface area contributed by atoms with E-state index in [1.165, 1.54) is 6.21 Å². The van der Waals surface area contributed by atoms with E-state index in [9.17, 15) is 4.79 Å². The van der Waals surface area contributed by atoms with Gasteiger partial charge in [0.2, 0.25) is 0 Å². The van der Waals surface area contributed by atoms with Crippen LogP contribution in [0, 0.1) is 0 Å². The maximum Gasteiger partial charge on any atom is 0.277 e. The van der Waals surface area contributed by atoms with Gasteiger partial charge < -0.3 is 4.74 Å². The maximum absolute atomic E-state index is 11.9. The minimum Gasteiger partial charge on any atom is -0.483 e. The number of rotatable bonds is 5. The SMILES string of the molecule is CC(C)(C)c1cc(Br)ccc1OCC(=O)N/N=C/c1cccc(Cl)c1. The van der Waals surface area contributed by atoms with Crippen molar-refractivity contribution in [3.05, 3.63) is 63.1 Å². The van der Waals surface area contributed by atoms with E-state index in [0.717, 1.165) is 15.6 Å². The van der Waals surface area contributed by atoms with Gasteiger partial charge in [0.25, 0.3) is 5.91 Å². The summed E-state index contributed by atoms with van der Waals surface area (Å²) in [6.07, 6.45) is 1.53. The van der Waals surface area contributed by atoms with E-state index in [-0.39, 0.29) is 17.9 Å². The molecule has 0 heterocycles. The Morgan fingerprint density at radius 3 is 2.72 bits per heavy atom. The van der Waals surface area contributed by atoms with Gasteiger partial charge in [-0.05, 0) is 41.3 Å². The second kappa shape index (κ2) is 8.50. The van der Waals surface area contributed by atoms with E-state index in [4.69, 9.17) is 16.3 Å². The van der Waals surface area contributed by atoms with Gasteiger partial charge in [0.05, 0.1) is 6.21 Å². The number of nitrogens with one attached hydrogen (secondary N) is 1. The maximum atomic E-state index is 11.9. The van der Waals surface area contributed by atoms with Gasteiger partial charge >= 0.3 is 0 Å². The van der Waals surface area contributed by atoms with Crippen molar-refractivity contribution >= 4 is 39.7 Å². The number of carbonyl (C=O) groups is 1. The molecule has 4 nitrogen and oxygen atoms in total. The van der Waals surface area contributed by atoms with E-state index in [2.05, 4.69) is 47.2 Å². The Balaban J connectivity index is 1.94. The molecule has 1 amide bonds. The zero-order valence-corrected chi connectivity index (χ0v) is 16.7. The zero-order chi connectivity index (χ0) is 18.4. The van der Waals surface area contributed by atoms with Crippen LogP contribution in [-0.2, 0) is 10.2 Å². The first kappa shape index (κ1) is 19.5. The first-order chi connectivity index (χ1) is 11.8. The molecular weight excluding hydrogens is 404 g/mol. The van der Waals surface area contributed by atoms with Crippen LogP contribution in [0.5, 0.6) is 5.75 Å². The lowest BCUT2D eigenvalue weighted by Crippen LogP contribution is -2.25. The summed E-state index contributed by atoms with van der Waals surface area (Å²) in [5, 5.41) is 4.52. The van der Waals surface area contributed by atoms with Gasteiger partial charge in [-0.3, -0.25) is 4.79 Å². The first-order valence-electron chi connectivity index (χ1n) is 7.76. The molecule has 1 N–H and O–H groups in total. The summed E-state index contributed by atoms with van der Waals surface area (Å²) in [4.78, 5) is 11.9. The molecule has 6 heteroatoms. The summed E-state index contributed by atoms with van der Waals surface area (Å²) in [6, 6.07) is 12.9. The third-order valence-corrected chi connectivity index (χ3v) is 4.09. The lowest BCUT2D eigenvalue weighted by molar-refractivity contribution is -0.123. The van der Waals surface area contributed by atoms with E-state index >= 15 is 0 Å². The van der Waals surface area contributed by atoms with Crippen LogP contribution in [0.1, 0.15) is 31.9 Å². The van der Waals surface area contributed by atoms with Crippen molar-refractivity contribution in [1.29, 1.82) is 0 Å². The Hall–Kier alpha value is -1.85. The Kier molecular flexibility index (Phi) is 6.62. The number of hydrazone groups is 1. The topological polar surface area (TPSA) is 50.7 Å². The van der Waals surface area contributed by atoms with E-state index in [0.29, 0.717) is 10.8 Å². The molecule has 0 bridgehead atoms. The Labute approximate surface area is 161 Å².